The van der Waals surface area contributed by atoms with E-state index in [9.17, 15) is 22.8 Å². The van der Waals surface area contributed by atoms with Gasteiger partial charge in [-0.3, -0.25) is 15.0 Å². The molecule has 166 valence electrons. The first kappa shape index (κ1) is 25.1. The Morgan fingerprint density at radius 1 is 1.06 bits per heavy atom. The van der Waals surface area contributed by atoms with Crippen LogP contribution in [0, 0.1) is 5.41 Å². The normalized spacial score (nSPS) is 10.3. The highest BCUT2D eigenvalue weighted by Crippen LogP contribution is 2.13. The van der Waals surface area contributed by atoms with Crippen LogP contribution in [0.2, 0.25) is 0 Å². The molecule has 8 nitrogen and oxygen atoms in total. The first-order chi connectivity index (χ1) is 14.4. The number of amides is 1. The third-order valence-corrected chi connectivity index (χ3v) is 3.60. The minimum atomic E-state index is -5.08. The van der Waals surface area contributed by atoms with Gasteiger partial charge in [-0.2, -0.15) is 13.2 Å². The molecule has 0 bridgehead atoms. The fraction of sp³-hybridized carbons (Fsp3) is 0.200. The number of Topliss-reactive ketones (excluding diaryl/α,β-unsaturated/α-hetero) is 1. The van der Waals surface area contributed by atoms with Gasteiger partial charge in [0.05, 0.1) is 6.54 Å². The summed E-state index contributed by atoms with van der Waals surface area (Å²) in [5.41, 5.74) is 7.06. The zero-order valence-corrected chi connectivity index (χ0v) is 16.3. The van der Waals surface area contributed by atoms with E-state index in [-0.39, 0.29) is 17.5 Å². The van der Waals surface area contributed by atoms with Crippen LogP contribution in [0.15, 0.2) is 48.5 Å². The zero-order chi connectivity index (χ0) is 23.6. The minimum absolute atomic E-state index is 0.0252. The summed E-state index contributed by atoms with van der Waals surface area (Å²) in [6.45, 7) is 2.10. The summed E-state index contributed by atoms with van der Waals surface area (Å²) in [7, 11) is 0. The molecule has 31 heavy (non-hydrogen) atoms. The number of nitrogens with one attached hydrogen (secondary N) is 2. The fourth-order valence-corrected chi connectivity index (χ4v) is 2.05. The van der Waals surface area contributed by atoms with E-state index in [1.54, 1.807) is 48.5 Å². The van der Waals surface area contributed by atoms with Gasteiger partial charge in [-0.05, 0) is 31.2 Å². The molecule has 2 rings (SSSR count). The number of carbonyl (C=O) groups excluding carboxylic acids is 2. The summed E-state index contributed by atoms with van der Waals surface area (Å²) in [6.07, 6.45) is -5.08. The molecular formula is C20H20F3N3O5. The molecule has 0 aromatic heterocycles. The van der Waals surface area contributed by atoms with E-state index >= 15 is 0 Å². The van der Waals surface area contributed by atoms with E-state index in [0.29, 0.717) is 35.6 Å². The average Bonchev–Trinajstić information content (AvgIpc) is 2.71. The van der Waals surface area contributed by atoms with Gasteiger partial charge in [-0.25, -0.2) is 4.79 Å². The van der Waals surface area contributed by atoms with Gasteiger partial charge in [-0.1, -0.05) is 24.3 Å². The van der Waals surface area contributed by atoms with Crippen LogP contribution in [0.3, 0.4) is 0 Å². The molecule has 0 saturated heterocycles. The summed E-state index contributed by atoms with van der Waals surface area (Å²) in [4.78, 5) is 32.1. The van der Waals surface area contributed by atoms with Crippen molar-refractivity contribution in [2.75, 3.05) is 13.2 Å². The molecular weight excluding hydrogens is 419 g/mol. The van der Waals surface area contributed by atoms with Gasteiger partial charge in [-0.15, -0.1) is 0 Å². The molecule has 0 heterocycles. The van der Waals surface area contributed by atoms with Gasteiger partial charge in [0.2, 0.25) is 0 Å². The first-order valence-electron chi connectivity index (χ1n) is 8.68. The van der Waals surface area contributed by atoms with E-state index in [2.05, 4.69) is 5.32 Å². The standard InChI is InChI=1S/C18H19N3O3.C2HF3O2/c1-12(22)13-5-7-14(8-6-13)18(23)21-9-10-24-16-4-2-3-15(11-16)17(19)20;3-2(4,5)1(6)7/h2-8,11H,9-10H2,1H3,(H3,19,20)(H,21,23);(H,6,7). The van der Waals surface area contributed by atoms with Crippen molar-refractivity contribution < 1.29 is 37.4 Å². The maximum Gasteiger partial charge on any atom is 0.490 e. The van der Waals surface area contributed by atoms with Crippen molar-refractivity contribution in [1.82, 2.24) is 5.32 Å². The molecule has 0 atom stereocenters. The van der Waals surface area contributed by atoms with E-state index in [1.165, 1.54) is 6.92 Å². The highest BCUT2D eigenvalue weighted by molar-refractivity contribution is 5.97. The molecule has 5 N–H and O–H groups in total. The van der Waals surface area contributed by atoms with Gasteiger partial charge in [0.1, 0.15) is 18.2 Å². The van der Waals surface area contributed by atoms with E-state index in [1.807, 2.05) is 0 Å². The number of benzene rings is 2. The average molecular weight is 439 g/mol. The summed E-state index contributed by atoms with van der Waals surface area (Å²) in [5, 5.41) is 17.2. The number of halogens is 3. The Hall–Kier alpha value is -3.89. The largest absolute Gasteiger partial charge is 0.492 e. The van der Waals surface area contributed by atoms with Crippen LogP contribution in [0.5, 0.6) is 5.75 Å². The van der Waals surface area contributed by atoms with Crippen LogP contribution in [-0.4, -0.2) is 47.9 Å². The van der Waals surface area contributed by atoms with Crippen molar-refractivity contribution in [3.8, 4) is 5.75 Å². The number of nitrogen functional groups attached to an aromatic ring is 1. The smallest absolute Gasteiger partial charge is 0.490 e. The number of rotatable bonds is 7. The molecule has 0 fully saturated rings. The molecule has 0 aliphatic rings. The van der Waals surface area contributed by atoms with E-state index < -0.39 is 12.1 Å². The van der Waals surface area contributed by atoms with E-state index in [4.69, 9.17) is 25.8 Å². The van der Waals surface area contributed by atoms with Crippen LogP contribution in [0.1, 0.15) is 33.2 Å². The molecule has 0 aliphatic heterocycles. The Bertz CT molecular complexity index is 944. The van der Waals surface area contributed by atoms with Crippen LogP contribution in [0.4, 0.5) is 13.2 Å². The van der Waals surface area contributed by atoms with Crippen LogP contribution in [0.25, 0.3) is 0 Å². The number of carboxylic acids is 1. The summed E-state index contributed by atoms with van der Waals surface area (Å²) < 4.78 is 37.3. The Balaban J connectivity index is 0.000000592. The van der Waals surface area contributed by atoms with Crippen molar-refractivity contribution in [2.24, 2.45) is 5.73 Å². The second kappa shape index (κ2) is 11.3. The molecule has 0 aliphatic carbocycles. The molecule has 1 amide bonds. The zero-order valence-electron chi connectivity index (χ0n) is 16.3. The summed E-state index contributed by atoms with van der Waals surface area (Å²) in [6, 6.07) is 13.4. The molecule has 2 aromatic rings. The number of aliphatic carboxylic acids is 1. The number of hydrogen-bond acceptors (Lipinski definition) is 5. The number of carboxylic acid groups (broad SMARTS) is 1. The molecule has 2 aromatic carbocycles. The lowest BCUT2D eigenvalue weighted by atomic mass is 10.1. The molecule has 11 heteroatoms. The van der Waals surface area contributed by atoms with Gasteiger partial charge >= 0.3 is 12.1 Å². The van der Waals surface area contributed by atoms with Gasteiger partial charge in [0, 0.05) is 16.7 Å². The maximum absolute atomic E-state index is 12.0. The number of nitrogens with two attached hydrogens (primary N) is 1. The van der Waals surface area contributed by atoms with E-state index in [0.717, 1.165) is 0 Å². The van der Waals surface area contributed by atoms with Crippen molar-refractivity contribution in [3.63, 3.8) is 0 Å². The Morgan fingerprint density at radius 3 is 2.10 bits per heavy atom. The Morgan fingerprint density at radius 2 is 1.61 bits per heavy atom. The molecule has 0 spiro atoms. The van der Waals surface area contributed by atoms with Gasteiger partial charge in [0.25, 0.3) is 5.91 Å². The molecule has 0 saturated carbocycles. The lowest BCUT2D eigenvalue weighted by Crippen LogP contribution is -2.28. The fourth-order valence-electron chi connectivity index (χ4n) is 2.05. The predicted octanol–water partition coefficient (Wildman–Crippen LogP) is 2.62. The Labute approximate surface area is 175 Å². The lowest BCUT2D eigenvalue weighted by Gasteiger charge is -2.09. The van der Waals surface area contributed by atoms with Crippen LogP contribution < -0.4 is 15.8 Å². The number of hydrogen-bond donors (Lipinski definition) is 4. The van der Waals surface area contributed by atoms with Crippen molar-refractivity contribution in [3.05, 3.63) is 65.2 Å². The summed E-state index contributed by atoms with van der Waals surface area (Å²) in [5.74, 6) is -2.47. The van der Waals surface area contributed by atoms with Crippen molar-refractivity contribution in [1.29, 1.82) is 5.41 Å². The Kier molecular flexibility index (Phi) is 9.19. The highest BCUT2D eigenvalue weighted by atomic mass is 19.4. The predicted molar refractivity (Wildman–Crippen MR) is 105 cm³/mol. The second-order valence-electron chi connectivity index (χ2n) is 5.98. The number of carbonyl (C=O) groups is 3. The van der Waals surface area contributed by atoms with Crippen LogP contribution >= 0.6 is 0 Å². The quantitative estimate of drug-likeness (QED) is 0.226. The van der Waals surface area contributed by atoms with Gasteiger partial charge in [0.15, 0.2) is 5.78 Å². The highest BCUT2D eigenvalue weighted by Gasteiger charge is 2.38. The topological polar surface area (TPSA) is 143 Å². The SMILES string of the molecule is CC(=O)c1ccc(C(=O)NCCOc2cccc(C(=N)N)c2)cc1.O=C(O)C(F)(F)F. The number of amidine groups is 1. The minimum Gasteiger partial charge on any atom is -0.492 e. The first-order valence-corrected chi connectivity index (χ1v) is 8.68. The second-order valence-corrected chi connectivity index (χ2v) is 5.98. The van der Waals surface area contributed by atoms with Crippen LogP contribution in [-0.2, 0) is 4.79 Å². The maximum atomic E-state index is 12.0. The monoisotopic (exact) mass is 439 g/mol. The lowest BCUT2D eigenvalue weighted by molar-refractivity contribution is -0.192. The number of alkyl halides is 3. The summed E-state index contributed by atoms with van der Waals surface area (Å²) >= 11 is 0. The van der Waals surface area contributed by atoms with Gasteiger partial charge < -0.3 is 20.9 Å². The third-order valence-electron chi connectivity index (χ3n) is 3.60. The number of ether oxygens (including phenoxy) is 1. The molecule has 0 radical (unpaired) electrons. The van der Waals surface area contributed by atoms with Crippen molar-refractivity contribution >= 4 is 23.5 Å². The number of ketones is 1. The molecule has 0 unspecified atom stereocenters. The third kappa shape index (κ3) is 8.98. The van der Waals surface area contributed by atoms with Crippen molar-refractivity contribution in [2.45, 2.75) is 13.1 Å².